The number of hydrogen-bond donors (Lipinski definition) is 2. The molecule has 0 bridgehead atoms. The number of hydrogen-bond acceptors (Lipinski definition) is 5. The minimum atomic E-state index is -4.13. The molecule has 1 amide bonds. The second-order valence-electron chi connectivity index (χ2n) is 8.72. The van der Waals surface area contributed by atoms with E-state index in [9.17, 15) is 21.6 Å². The highest BCUT2D eigenvalue weighted by Gasteiger charge is 2.28. The monoisotopic (exact) mass is 583 g/mol. The van der Waals surface area contributed by atoms with Gasteiger partial charge in [-0.05, 0) is 73.5 Å². The highest BCUT2D eigenvalue weighted by atomic mass is 35.5. The Morgan fingerprint density at radius 2 is 1.33 bits per heavy atom. The number of aryl methyl sites for hydroxylation is 2. The first kappa shape index (κ1) is 28.2. The summed E-state index contributed by atoms with van der Waals surface area (Å²) in [4.78, 5) is 13.0. The van der Waals surface area contributed by atoms with E-state index in [1.165, 1.54) is 48.5 Å². The zero-order chi connectivity index (χ0) is 28.2. The van der Waals surface area contributed by atoms with Gasteiger partial charge in [0, 0.05) is 5.69 Å². The van der Waals surface area contributed by atoms with Gasteiger partial charge in [0.1, 0.15) is 6.54 Å². The van der Waals surface area contributed by atoms with Crippen molar-refractivity contribution in [1.82, 2.24) is 0 Å². The molecule has 4 aromatic carbocycles. The molecule has 0 saturated carbocycles. The van der Waals surface area contributed by atoms with Gasteiger partial charge in [0.25, 0.3) is 20.0 Å². The number of rotatable bonds is 9. The largest absolute Gasteiger partial charge is 0.325 e. The number of nitrogens with one attached hydrogen (secondary N) is 2. The Hall–Kier alpha value is -3.86. The van der Waals surface area contributed by atoms with Crippen LogP contribution in [0.1, 0.15) is 11.1 Å². The van der Waals surface area contributed by atoms with Crippen LogP contribution in [0, 0.1) is 13.8 Å². The van der Waals surface area contributed by atoms with Gasteiger partial charge in [-0.2, -0.15) is 0 Å². The molecule has 0 aliphatic rings. The van der Waals surface area contributed by atoms with Crippen molar-refractivity contribution in [2.75, 3.05) is 20.9 Å². The number of benzene rings is 4. The van der Waals surface area contributed by atoms with Gasteiger partial charge in [-0.15, -0.1) is 0 Å². The predicted molar refractivity (Wildman–Crippen MR) is 154 cm³/mol. The van der Waals surface area contributed by atoms with Gasteiger partial charge in [-0.3, -0.25) is 13.8 Å². The maximum absolute atomic E-state index is 13.4. The van der Waals surface area contributed by atoms with Crippen molar-refractivity contribution < 1.29 is 21.6 Å². The predicted octanol–water partition coefficient (Wildman–Crippen LogP) is 5.59. The number of para-hydroxylation sites is 2. The van der Waals surface area contributed by atoms with Crippen LogP contribution in [0.2, 0.25) is 5.02 Å². The van der Waals surface area contributed by atoms with Crippen LogP contribution in [-0.4, -0.2) is 29.3 Å². The molecule has 4 aromatic rings. The van der Waals surface area contributed by atoms with Gasteiger partial charge in [-0.1, -0.05) is 60.1 Å². The topological polar surface area (TPSA) is 113 Å². The lowest BCUT2D eigenvalue weighted by atomic mass is 10.1. The van der Waals surface area contributed by atoms with Gasteiger partial charge >= 0.3 is 0 Å². The summed E-state index contributed by atoms with van der Waals surface area (Å²) in [7, 11) is -8.00. The minimum absolute atomic E-state index is 0.00340. The normalized spacial score (nSPS) is 11.6. The molecule has 4 rings (SSSR count). The Morgan fingerprint density at radius 3 is 1.95 bits per heavy atom. The third-order valence-corrected chi connectivity index (χ3v) is 9.36. The average molecular weight is 584 g/mol. The molecular formula is C28H26ClN3O5S2. The van der Waals surface area contributed by atoms with Gasteiger partial charge in [-0.25, -0.2) is 16.8 Å². The quantitative estimate of drug-likeness (QED) is 0.267. The second-order valence-corrected chi connectivity index (χ2v) is 12.7. The van der Waals surface area contributed by atoms with Crippen molar-refractivity contribution in [1.29, 1.82) is 0 Å². The van der Waals surface area contributed by atoms with Crippen LogP contribution in [0.3, 0.4) is 0 Å². The first-order valence-corrected chi connectivity index (χ1v) is 15.1. The van der Waals surface area contributed by atoms with E-state index in [1.807, 2.05) is 32.0 Å². The Kier molecular flexibility index (Phi) is 8.29. The minimum Gasteiger partial charge on any atom is -0.325 e. The molecule has 0 unspecified atom stereocenters. The van der Waals surface area contributed by atoms with Crippen LogP contribution < -0.4 is 14.3 Å². The van der Waals surface area contributed by atoms with E-state index in [4.69, 9.17) is 11.6 Å². The first-order chi connectivity index (χ1) is 18.5. The fourth-order valence-corrected chi connectivity index (χ4v) is 6.84. The van der Waals surface area contributed by atoms with E-state index < -0.39 is 32.5 Å². The summed E-state index contributed by atoms with van der Waals surface area (Å²) in [5.41, 5.74) is 2.53. The molecule has 0 spiro atoms. The third-order valence-electron chi connectivity index (χ3n) is 5.91. The molecule has 0 aliphatic heterocycles. The molecule has 0 atom stereocenters. The summed E-state index contributed by atoms with van der Waals surface area (Å²) in [6, 6.07) is 25.1. The van der Waals surface area contributed by atoms with Crippen LogP contribution in [0.5, 0.6) is 0 Å². The fourth-order valence-electron chi connectivity index (χ4n) is 3.89. The van der Waals surface area contributed by atoms with E-state index in [0.717, 1.165) is 15.4 Å². The number of carbonyl (C=O) groups excluding carboxylic acids is 1. The molecule has 0 fully saturated rings. The van der Waals surface area contributed by atoms with E-state index in [0.29, 0.717) is 11.4 Å². The molecular weight excluding hydrogens is 558 g/mol. The summed E-state index contributed by atoms with van der Waals surface area (Å²) >= 11 is 6.29. The molecule has 0 saturated heterocycles. The van der Waals surface area contributed by atoms with Crippen molar-refractivity contribution in [2.45, 2.75) is 23.6 Å². The van der Waals surface area contributed by atoms with Crippen molar-refractivity contribution in [2.24, 2.45) is 0 Å². The third kappa shape index (κ3) is 6.42. The van der Waals surface area contributed by atoms with Crippen LogP contribution in [0.25, 0.3) is 0 Å². The van der Waals surface area contributed by atoms with Gasteiger partial charge in [0.15, 0.2) is 0 Å². The van der Waals surface area contributed by atoms with Crippen molar-refractivity contribution in [3.05, 3.63) is 113 Å². The van der Waals surface area contributed by atoms with Crippen LogP contribution >= 0.6 is 11.6 Å². The SMILES string of the molecule is Cc1cccc(C)c1NS(=O)(=O)c1ccc(NC(=O)CN(c2ccccc2Cl)S(=O)(=O)c2ccccc2)cc1. The molecule has 202 valence electrons. The summed E-state index contributed by atoms with van der Waals surface area (Å²) in [5.74, 6) is -0.640. The summed E-state index contributed by atoms with van der Waals surface area (Å²) < 4.78 is 56.3. The number of amides is 1. The average Bonchev–Trinajstić information content (AvgIpc) is 2.91. The lowest BCUT2D eigenvalue weighted by molar-refractivity contribution is -0.114. The zero-order valence-electron chi connectivity index (χ0n) is 21.1. The fraction of sp³-hybridized carbons (Fsp3) is 0.107. The summed E-state index contributed by atoms with van der Waals surface area (Å²) in [6.07, 6.45) is 0. The van der Waals surface area contributed by atoms with E-state index in [-0.39, 0.29) is 20.5 Å². The Morgan fingerprint density at radius 1 is 0.744 bits per heavy atom. The number of anilines is 3. The molecule has 0 radical (unpaired) electrons. The van der Waals surface area contributed by atoms with Crippen LogP contribution in [-0.2, 0) is 24.8 Å². The van der Waals surface area contributed by atoms with Crippen molar-refractivity contribution in [3.8, 4) is 0 Å². The highest BCUT2D eigenvalue weighted by Crippen LogP contribution is 2.30. The van der Waals surface area contributed by atoms with Crippen molar-refractivity contribution in [3.63, 3.8) is 0 Å². The molecule has 0 heterocycles. The van der Waals surface area contributed by atoms with Gasteiger partial charge in [0.05, 0.1) is 26.2 Å². The van der Waals surface area contributed by atoms with Crippen LogP contribution in [0.4, 0.5) is 17.1 Å². The molecule has 39 heavy (non-hydrogen) atoms. The van der Waals surface area contributed by atoms with Gasteiger partial charge < -0.3 is 5.32 Å². The van der Waals surface area contributed by atoms with E-state index in [1.54, 1.807) is 30.3 Å². The Labute approximate surface area is 233 Å². The second kappa shape index (κ2) is 11.5. The number of carbonyl (C=O) groups is 1. The lowest BCUT2D eigenvalue weighted by Crippen LogP contribution is -2.38. The molecule has 11 heteroatoms. The number of nitrogens with zero attached hydrogens (tertiary/aromatic N) is 1. The molecule has 0 aromatic heterocycles. The molecule has 0 aliphatic carbocycles. The Bertz CT molecular complexity index is 1690. The van der Waals surface area contributed by atoms with Crippen molar-refractivity contribution >= 4 is 54.6 Å². The molecule has 2 N–H and O–H groups in total. The number of sulfonamides is 2. The zero-order valence-corrected chi connectivity index (χ0v) is 23.5. The van der Waals surface area contributed by atoms with Gasteiger partial charge in [0.2, 0.25) is 5.91 Å². The maximum Gasteiger partial charge on any atom is 0.264 e. The van der Waals surface area contributed by atoms with Crippen LogP contribution in [0.15, 0.2) is 107 Å². The summed E-state index contributed by atoms with van der Waals surface area (Å²) in [5, 5.41) is 2.79. The summed E-state index contributed by atoms with van der Waals surface area (Å²) in [6.45, 7) is 3.07. The maximum atomic E-state index is 13.4. The first-order valence-electron chi connectivity index (χ1n) is 11.8. The lowest BCUT2D eigenvalue weighted by Gasteiger charge is -2.25. The van der Waals surface area contributed by atoms with E-state index in [2.05, 4.69) is 10.0 Å². The Balaban J connectivity index is 1.54. The molecule has 8 nitrogen and oxygen atoms in total. The van der Waals surface area contributed by atoms with E-state index >= 15 is 0 Å². The number of halogens is 1. The smallest absolute Gasteiger partial charge is 0.264 e. The highest BCUT2D eigenvalue weighted by molar-refractivity contribution is 7.93. The standard InChI is InChI=1S/C28H26ClN3O5S2/c1-20-9-8-10-21(2)28(20)31-38(34,35)23-17-15-22(16-18-23)30-27(33)19-32(26-14-7-6-13-25(26)29)39(36,37)24-11-4-3-5-12-24/h3-18,31H,19H2,1-2H3,(H,30,33).